The fraction of sp³-hybridized carbons (Fsp3) is 0.0526. The van der Waals surface area contributed by atoms with E-state index in [0.29, 0.717) is 0 Å². The Morgan fingerprint density at radius 2 is 0.720 bits per heavy atom. The first-order chi connectivity index (χ1) is 11.8. The van der Waals surface area contributed by atoms with E-state index in [4.69, 9.17) is 0 Å². The summed E-state index contributed by atoms with van der Waals surface area (Å²) in [6.45, 7) is 2.41. The molecule has 0 aliphatic carbocycles. The van der Waals surface area contributed by atoms with Crippen molar-refractivity contribution in [3.05, 3.63) is 91.0 Å². The fourth-order valence-corrected chi connectivity index (χ4v) is 5.83. The molecule has 3 rings (SSSR count). The van der Waals surface area contributed by atoms with Crippen molar-refractivity contribution in [2.24, 2.45) is 0 Å². The van der Waals surface area contributed by atoms with E-state index in [2.05, 4.69) is 154 Å². The quantitative estimate of drug-likeness (QED) is 0.212. The molecule has 0 saturated heterocycles. The van der Waals surface area contributed by atoms with Crippen LogP contribution in [0.4, 0.5) is 0 Å². The molecule has 0 saturated carbocycles. The summed E-state index contributed by atoms with van der Waals surface area (Å²) in [5, 5.41) is 4.28. The molecule has 0 bridgehead atoms. The van der Waals surface area contributed by atoms with Crippen LogP contribution in [0, 0.1) is 0 Å². The topological polar surface area (TPSA) is 0 Å². The van der Waals surface area contributed by atoms with E-state index >= 15 is 0 Å². The molecule has 0 aromatic heterocycles. The summed E-state index contributed by atoms with van der Waals surface area (Å²) in [5.41, 5.74) is -1.25. The van der Waals surface area contributed by atoms with Gasteiger partial charge in [0.2, 0.25) is 0 Å². The van der Waals surface area contributed by atoms with E-state index in [0.717, 1.165) is 0 Å². The molecule has 135 valence electrons. The van der Waals surface area contributed by atoms with Crippen molar-refractivity contribution < 1.29 is 5.61 Å². The summed E-state index contributed by atoms with van der Waals surface area (Å²) in [6.07, 6.45) is 0. The van der Waals surface area contributed by atoms with Crippen LogP contribution in [0.1, 0.15) is 0 Å². The third kappa shape index (κ3) is 6.88. The second kappa shape index (κ2) is 10.2. The molecule has 0 unspecified atom stereocenters. The minimum absolute atomic E-state index is 1.25. The number of benzene rings is 3. The molecule has 3 aromatic carbocycles. The van der Waals surface area contributed by atoms with Crippen molar-refractivity contribution in [2.75, 3.05) is 6.66 Å². The first kappa shape index (κ1) is 21.8. The average molecular weight is 653 g/mol. The Kier molecular flexibility index (Phi) is 8.88. The van der Waals surface area contributed by atoms with Gasteiger partial charge in [-0.3, -0.25) is 0 Å². The molecule has 0 N–H and O–H groups in total. The zero-order chi connectivity index (χ0) is 18.3. The molecular weight excluding hydrogens is 635 g/mol. The molecule has 25 heavy (non-hydrogen) atoms. The zero-order valence-corrected chi connectivity index (χ0v) is 21.8. The Hall–Kier alpha value is 0.529. The Morgan fingerprint density at radius 3 is 0.920 bits per heavy atom. The molecule has 0 aliphatic heterocycles. The Balaban J connectivity index is 0.000000399. The van der Waals surface area contributed by atoms with E-state index in [1.807, 2.05) is 0 Å². The van der Waals surface area contributed by atoms with Crippen LogP contribution < -0.4 is 15.9 Å². The Morgan fingerprint density at radius 1 is 0.520 bits per heavy atom. The molecule has 0 heterocycles. The maximum absolute atomic E-state index is 3.25. The monoisotopic (exact) mass is 649 g/mol. The maximum atomic E-state index is 3.25. The summed E-state index contributed by atoms with van der Waals surface area (Å²) in [4.78, 5) is 0. The SMILES string of the molecule is C[P+](c1ccccc1)(c1ccccc1)c1ccccc1.[Br][Fe-]([Br])([Br])[Br]. The molecule has 0 radical (unpaired) electrons. The molecule has 0 aliphatic rings. The van der Waals surface area contributed by atoms with E-state index in [1.165, 1.54) is 15.9 Å². The van der Waals surface area contributed by atoms with E-state index < -0.39 is 12.9 Å². The van der Waals surface area contributed by atoms with Gasteiger partial charge in [-0.2, -0.15) is 0 Å². The van der Waals surface area contributed by atoms with Crippen LogP contribution in [0.2, 0.25) is 0 Å². The van der Waals surface area contributed by atoms with Crippen molar-refractivity contribution >= 4 is 79.6 Å². The summed E-state index contributed by atoms with van der Waals surface area (Å²) in [6, 6.07) is 32.6. The van der Waals surface area contributed by atoms with Gasteiger partial charge < -0.3 is 0 Å². The molecular formula is C19H18Br4FeP. The molecule has 6 heteroatoms. The third-order valence-corrected chi connectivity index (χ3v) is 7.81. The first-order valence-corrected chi connectivity index (χ1v) is 20.5. The van der Waals surface area contributed by atoms with Gasteiger partial charge in [0.15, 0.2) is 0 Å². The van der Waals surface area contributed by atoms with Crippen LogP contribution in [-0.4, -0.2) is 6.66 Å². The van der Waals surface area contributed by atoms with Crippen molar-refractivity contribution in [2.45, 2.75) is 0 Å². The first-order valence-electron chi connectivity index (χ1n) is 7.38. The minimum atomic E-state index is -1.53. The molecule has 0 amide bonds. The molecule has 3 aromatic rings. The molecule has 0 atom stereocenters. The van der Waals surface area contributed by atoms with Crippen LogP contribution in [0.5, 0.6) is 0 Å². The van der Waals surface area contributed by atoms with Gasteiger partial charge in [-0.25, -0.2) is 0 Å². The van der Waals surface area contributed by atoms with E-state index in [-0.39, 0.29) is 0 Å². The molecule has 0 spiro atoms. The van der Waals surface area contributed by atoms with Crippen LogP contribution in [-0.2, 0) is 5.61 Å². The summed E-state index contributed by atoms with van der Waals surface area (Å²) in [7, 11) is -1.53. The van der Waals surface area contributed by atoms with Gasteiger partial charge in [-0.05, 0) is 36.4 Å². The van der Waals surface area contributed by atoms with Crippen LogP contribution in [0.3, 0.4) is 0 Å². The predicted octanol–water partition coefficient (Wildman–Crippen LogP) is 6.99. The van der Waals surface area contributed by atoms with Crippen molar-refractivity contribution in [1.82, 2.24) is 0 Å². The number of rotatable bonds is 3. The second-order valence-corrected chi connectivity index (χ2v) is 42.3. The van der Waals surface area contributed by atoms with Gasteiger partial charge in [0.1, 0.15) is 23.2 Å². The average Bonchev–Trinajstić information content (AvgIpc) is 2.62. The predicted molar refractivity (Wildman–Crippen MR) is 127 cm³/mol. The van der Waals surface area contributed by atoms with Crippen LogP contribution >= 0.6 is 63.7 Å². The van der Waals surface area contributed by atoms with E-state index in [1.54, 1.807) is 0 Å². The molecule has 0 fully saturated rings. The fourth-order valence-electron chi connectivity index (χ4n) is 2.63. The standard InChI is InChI=1S/C19H18P.4BrH.Fe/c1-20(17-11-5-2-6-12-17,18-13-7-3-8-14-18)19-15-9-4-10-16-19;;;;;/h2-16H,1H3;4*1H;/q+1;;;;;+3/p-4. The van der Waals surface area contributed by atoms with Crippen LogP contribution in [0.15, 0.2) is 91.0 Å². The second-order valence-electron chi connectivity index (χ2n) is 5.32. The van der Waals surface area contributed by atoms with Crippen molar-refractivity contribution in [3.63, 3.8) is 0 Å². The van der Waals surface area contributed by atoms with E-state index in [9.17, 15) is 0 Å². The number of hydrogen-bond acceptors (Lipinski definition) is 0. The van der Waals surface area contributed by atoms with Gasteiger partial charge in [-0.15, -0.1) is 0 Å². The third-order valence-electron chi connectivity index (χ3n) is 3.82. The van der Waals surface area contributed by atoms with Gasteiger partial charge in [0.05, 0.1) is 6.66 Å². The van der Waals surface area contributed by atoms with Crippen molar-refractivity contribution in [3.8, 4) is 0 Å². The summed E-state index contributed by atoms with van der Waals surface area (Å²) < 4.78 is 0. The molecule has 0 nitrogen and oxygen atoms in total. The Bertz CT molecular complexity index is 659. The number of hydrogen-bond donors (Lipinski definition) is 0. The Labute approximate surface area is 181 Å². The van der Waals surface area contributed by atoms with Gasteiger partial charge >= 0.3 is 62.1 Å². The normalized spacial score (nSPS) is 12.0. The van der Waals surface area contributed by atoms with Crippen molar-refractivity contribution in [1.29, 1.82) is 0 Å². The zero-order valence-electron chi connectivity index (χ0n) is 13.5. The summed E-state index contributed by atoms with van der Waals surface area (Å²) >= 11 is 13.0. The number of halogens is 4. The van der Waals surface area contributed by atoms with Gasteiger partial charge in [0, 0.05) is 0 Å². The summed E-state index contributed by atoms with van der Waals surface area (Å²) in [5.74, 6) is 0. The van der Waals surface area contributed by atoms with Gasteiger partial charge in [-0.1, -0.05) is 54.6 Å². The van der Waals surface area contributed by atoms with Gasteiger partial charge in [0.25, 0.3) is 0 Å². The van der Waals surface area contributed by atoms with Crippen LogP contribution in [0.25, 0.3) is 0 Å².